The zero-order valence-corrected chi connectivity index (χ0v) is 16.7. The van der Waals surface area contributed by atoms with Crippen molar-refractivity contribution in [3.8, 4) is 0 Å². The molecule has 0 spiro atoms. The second-order valence-corrected chi connectivity index (χ2v) is 6.93. The zero-order valence-electron chi connectivity index (χ0n) is 15.8. The molecule has 0 bridgehead atoms. The zero-order chi connectivity index (χ0) is 19.8. The van der Waals surface area contributed by atoms with Gasteiger partial charge in [-0.2, -0.15) is 0 Å². The third-order valence-corrected chi connectivity index (χ3v) is 4.19. The molecule has 0 aliphatic heterocycles. The number of carbonyl (C=O) groups is 2. The number of rotatable bonds is 6. The molecule has 0 atom stereocenters. The number of thiocarbonyl (C=S) groups is 1. The standard InChI is InChI=1S/C21H25N3O2S/c1-4-12-22-19(25)17-6-5-7-18(13-17)23-21(27)24-20(26)16-10-8-15(9-11-16)14(2)3/h5-11,13-14H,4,12H2,1-3H3,(H,22,25)(H2,23,24,26,27). The Morgan fingerprint density at radius 3 is 2.33 bits per heavy atom. The van der Waals surface area contributed by atoms with E-state index in [4.69, 9.17) is 12.2 Å². The molecule has 0 heterocycles. The Morgan fingerprint density at radius 2 is 1.70 bits per heavy atom. The smallest absolute Gasteiger partial charge is 0.257 e. The van der Waals surface area contributed by atoms with Crippen molar-refractivity contribution < 1.29 is 9.59 Å². The van der Waals surface area contributed by atoms with Crippen molar-refractivity contribution in [1.29, 1.82) is 0 Å². The first-order chi connectivity index (χ1) is 12.9. The molecule has 0 aromatic heterocycles. The van der Waals surface area contributed by atoms with E-state index in [1.807, 2.05) is 19.1 Å². The number of hydrogen-bond acceptors (Lipinski definition) is 3. The predicted octanol–water partition coefficient (Wildman–Crippen LogP) is 4.08. The second kappa shape index (κ2) is 9.83. The fourth-order valence-corrected chi connectivity index (χ4v) is 2.65. The topological polar surface area (TPSA) is 70.2 Å². The largest absolute Gasteiger partial charge is 0.352 e. The van der Waals surface area contributed by atoms with E-state index in [2.05, 4.69) is 29.8 Å². The van der Waals surface area contributed by atoms with Crippen LogP contribution in [-0.4, -0.2) is 23.5 Å². The van der Waals surface area contributed by atoms with Gasteiger partial charge in [-0.05, 0) is 60.5 Å². The first-order valence-electron chi connectivity index (χ1n) is 9.01. The fraction of sp³-hybridized carbons (Fsp3) is 0.286. The van der Waals surface area contributed by atoms with Gasteiger partial charge in [0.2, 0.25) is 0 Å². The second-order valence-electron chi connectivity index (χ2n) is 6.52. The fourth-order valence-electron chi connectivity index (χ4n) is 2.44. The van der Waals surface area contributed by atoms with Crippen LogP contribution in [-0.2, 0) is 0 Å². The Kier molecular flexibility index (Phi) is 7.49. The van der Waals surface area contributed by atoms with Gasteiger partial charge in [-0.15, -0.1) is 0 Å². The number of benzene rings is 2. The molecule has 27 heavy (non-hydrogen) atoms. The minimum Gasteiger partial charge on any atom is -0.352 e. The molecule has 5 nitrogen and oxygen atoms in total. The monoisotopic (exact) mass is 383 g/mol. The van der Waals surface area contributed by atoms with E-state index in [-0.39, 0.29) is 16.9 Å². The third-order valence-electron chi connectivity index (χ3n) is 3.98. The lowest BCUT2D eigenvalue weighted by Crippen LogP contribution is -2.34. The highest BCUT2D eigenvalue weighted by molar-refractivity contribution is 7.80. The summed E-state index contributed by atoms with van der Waals surface area (Å²) < 4.78 is 0. The molecule has 0 saturated carbocycles. The lowest BCUT2D eigenvalue weighted by Gasteiger charge is -2.11. The Hall–Kier alpha value is -2.73. The first-order valence-corrected chi connectivity index (χ1v) is 9.42. The van der Waals surface area contributed by atoms with Crippen LogP contribution in [0.5, 0.6) is 0 Å². The predicted molar refractivity (Wildman–Crippen MR) is 113 cm³/mol. The average Bonchev–Trinajstić information content (AvgIpc) is 2.66. The number of carbonyl (C=O) groups excluding carboxylic acids is 2. The van der Waals surface area contributed by atoms with E-state index >= 15 is 0 Å². The van der Waals surface area contributed by atoms with Gasteiger partial charge >= 0.3 is 0 Å². The van der Waals surface area contributed by atoms with Crippen LogP contribution < -0.4 is 16.0 Å². The van der Waals surface area contributed by atoms with Crippen LogP contribution in [0.15, 0.2) is 48.5 Å². The van der Waals surface area contributed by atoms with Gasteiger partial charge in [0.05, 0.1) is 0 Å². The van der Waals surface area contributed by atoms with Gasteiger partial charge in [0, 0.05) is 23.4 Å². The molecule has 2 amide bonds. The minimum absolute atomic E-state index is 0.138. The average molecular weight is 384 g/mol. The van der Waals surface area contributed by atoms with Crippen LogP contribution in [0.25, 0.3) is 0 Å². The van der Waals surface area contributed by atoms with Crippen molar-refractivity contribution >= 4 is 34.8 Å². The van der Waals surface area contributed by atoms with Gasteiger partial charge in [0.1, 0.15) is 0 Å². The molecule has 0 saturated heterocycles. The summed E-state index contributed by atoms with van der Waals surface area (Å²) in [5.41, 5.74) is 2.88. The minimum atomic E-state index is -0.278. The molecule has 2 rings (SSSR count). The number of hydrogen-bond donors (Lipinski definition) is 3. The lowest BCUT2D eigenvalue weighted by molar-refractivity contribution is 0.0951. The lowest BCUT2D eigenvalue weighted by atomic mass is 10.0. The van der Waals surface area contributed by atoms with Gasteiger partial charge in [-0.1, -0.05) is 39.0 Å². The van der Waals surface area contributed by atoms with E-state index < -0.39 is 0 Å². The molecule has 6 heteroatoms. The van der Waals surface area contributed by atoms with Gasteiger partial charge < -0.3 is 10.6 Å². The van der Waals surface area contributed by atoms with Crippen molar-refractivity contribution in [1.82, 2.24) is 10.6 Å². The molecular formula is C21H25N3O2S. The highest BCUT2D eigenvalue weighted by atomic mass is 32.1. The Bertz CT molecular complexity index is 816. The van der Waals surface area contributed by atoms with Gasteiger partial charge in [0.25, 0.3) is 11.8 Å². The van der Waals surface area contributed by atoms with Crippen molar-refractivity contribution in [3.63, 3.8) is 0 Å². The number of nitrogens with one attached hydrogen (secondary N) is 3. The molecular weight excluding hydrogens is 358 g/mol. The summed E-state index contributed by atoms with van der Waals surface area (Å²) in [6.45, 7) is 6.83. The number of amides is 2. The summed E-state index contributed by atoms with van der Waals surface area (Å²) >= 11 is 5.21. The Balaban J connectivity index is 1.96. The summed E-state index contributed by atoms with van der Waals surface area (Å²) in [7, 11) is 0. The summed E-state index contributed by atoms with van der Waals surface area (Å²) in [5.74, 6) is -0.00740. The summed E-state index contributed by atoms with van der Waals surface area (Å²) in [6.07, 6.45) is 0.873. The molecule has 0 aliphatic carbocycles. The quantitative estimate of drug-likeness (QED) is 0.658. The van der Waals surface area contributed by atoms with Crippen molar-refractivity contribution in [2.75, 3.05) is 11.9 Å². The van der Waals surface area contributed by atoms with Crippen LogP contribution in [0.4, 0.5) is 5.69 Å². The maximum Gasteiger partial charge on any atom is 0.257 e. The SMILES string of the molecule is CCCNC(=O)c1cccc(NC(=S)NC(=O)c2ccc(C(C)C)cc2)c1. The van der Waals surface area contributed by atoms with E-state index in [1.165, 1.54) is 5.56 Å². The van der Waals surface area contributed by atoms with Crippen LogP contribution in [0.1, 0.15) is 59.4 Å². The van der Waals surface area contributed by atoms with Crippen LogP contribution >= 0.6 is 12.2 Å². The maximum atomic E-state index is 12.3. The summed E-state index contributed by atoms with van der Waals surface area (Å²) in [6, 6.07) is 14.4. The highest BCUT2D eigenvalue weighted by Crippen LogP contribution is 2.15. The van der Waals surface area contributed by atoms with Crippen molar-refractivity contribution in [2.45, 2.75) is 33.1 Å². The number of anilines is 1. The van der Waals surface area contributed by atoms with E-state index in [9.17, 15) is 9.59 Å². The van der Waals surface area contributed by atoms with E-state index in [0.29, 0.717) is 29.3 Å². The first kappa shape index (κ1) is 20.6. The van der Waals surface area contributed by atoms with E-state index in [0.717, 1.165) is 6.42 Å². The molecule has 0 aliphatic rings. The third kappa shape index (κ3) is 6.18. The van der Waals surface area contributed by atoms with E-state index in [1.54, 1.807) is 36.4 Å². The molecule has 0 radical (unpaired) electrons. The Morgan fingerprint density at radius 1 is 1.00 bits per heavy atom. The summed E-state index contributed by atoms with van der Waals surface area (Å²) in [5, 5.41) is 8.61. The van der Waals surface area contributed by atoms with Gasteiger partial charge in [-0.25, -0.2) is 0 Å². The normalized spacial score (nSPS) is 10.4. The maximum absolute atomic E-state index is 12.3. The van der Waals surface area contributed by atoms with Crippen LogP contribution in [0.2, 0.25) is 0 Å². The van der Waals surface area contributed by atoms with Crippen molar-refractivity contribution in [3.05, 3.63) is 65.2 Å². The summed E-state index contributed by atoms with van der Waals surface area (Å²) in [4.78, 5) is 24.4. The molecule has 2 aromatic carbocycles. The van der Waals surface area contributed by atoms with Gasteiger partial charge in [0.15, 0.2) is 5.11 Å². The van der Waals surface area contributed by atoms with Crippen molar-refractivity contribution in [2.24, 2.45) is 0 Å². The van der Waals surface area contributed by atoms with Crippen LogP contribution in [0, 0.1) is 0 Å². The van der Waals surface area contributed by atoms with Gasteiger partial charge in [-0.3, -0.25) is 14.9 Å². The molecule has 3 N–H and O–H groups in total. The molecule has 142 valence electrons. The van der Waals surface area contributed by atoms with Crippen LogP contribution in [0.3, 0.4) is 0 Å². The highest BCUT2D eigenvalue weighted by Gasteiger charge is 2.10. The molecule has 0 unspecified atom stereocenters. The molecule has 2 aromatic rings. The Labute approximate surface area is 165 Å². The molecule has 0 fully saturated rings.